The predicted molar refractivity (Wildman–Crippen MR) is 65.4 cm³/mol. The second-order valence-corrected chi connectivity index (χ2v) is 5.59. The molecule has 1 rings (SSSR count). The third kappa shape index (κ3) is 4.12. The first-order chi connectivity index (χ1) is 7.50. The lowest BCUT2D eigenvalue weighted by Gasteiger charge is -2.28. The van der Waals surface area contributed by atoms with Crippen LogP contribution in [-0.4, -0.2) is 23.7 Å². The summed E-state index contributed by atoms with van der Waals surface area (Å²) in [5.74, 6) is 0.965. The van der Waals surface area contributed by atoms with Gasteiger partial charge in [-0.15, -0.1) is 0 Å². The number of aliphatic carboxylic acids is 1. The molecule has 1 fully saturated rings. The van der Waals surface area contributed by atoms with E-state index in [0.717, 1.165) is 12.5 Å². The average Bonchev–Trinajstić information content (AvgIpc) is 2.20. The number of carboxylic acid groups (broad SMARTS) is 1. The lowest BCUT2D eigenvalue weighted by Crippen LogP contribution is -2.43. The molecule has 0 aromatic heterocycles. The van der Waals surface area contributed by atoms with Gasteiger partial charge in [0.1, 0.15) is 6.04 Å². The third-order valence-corrected chi connectivity index (χ3v) is 3.69. The lowest BCUT2D eigenvalue weighted by atomic mass is 9.83. The Morgan fingerprint density at radius 1 is 1.31 bits per heavy atom. The molecular formula is C13H25NO2. The molecule has 3 nitrogen and oxygen atoms in total. The summed E-state index contributed by atoms with van der Waals surface area (Å²) < 4.78 is 0. The average molecular weight is 227 g/mol. The Bertz CT molecular complexity index is 220. The van der Waals surface area contributed by atoms with Crippen molar-refractivity contribution >= 4 is 5.97 Å². The molecule has 1 atom stereocenters. The van der Waals surface area contributed by atoms with E-state index in [2.05, 4.69) is 12.2 Å². The molecule has 16 heavy (non-hydrogen) atoms. The maximum atomic E-state index is 11.0. The Balaban J connectivity index is 2.29. The first-order valence-corrected chi connectivity index (χ1v) is 6.47. The van der Waals surface area contributed by atoms with Crippen molar-refractivity contribution < 1.29 is 9.90 Å². The third-order valence-electron chi connectivity index (χ3n) is 3.69. The molecule has 1 unspecified atom stereocenters. The van der Waals surface area contributed by atoms with E-state index in [1.165, 1.54) is 25.7 Å². The van der Waals surface area contributed by atoms with Crippen LogP contribution in [0.15, 0.2) is 0 Å². The summed E-state index contributed by atoms with van der Waals surface area (Å²) in [7, 11) is 0. The van der Waals surface area contributed by atoms with Gasteiger partial charge in [-0.3, -0.25) is 4.79 Å². The fourth-order valence-corrected chi connectivity index (χ4v) is 2.44. The molecule has 0 spiro atoms. The van der Waals surface area contributed by atoms with Crippen LogP contribution in [0.2, 0.25) is 0 Å². The van der Waals surface area contributed by atoms with Crippen molar-refractivity contribution in [3.8, 4) is 0 Å². The van der Waals surface area contributed by atoms with Crippen molar-refractivity contribution in [2.45, 2.75) is 52.5 Å². The van der Waals surface area contributed by atoms with Crippen LogP contribution in [0.3, 0.4) is 0 Å². The van der Waals surface area contributed by atoms with E-state index in [1.807, 2.05) is 13.8 Å². The van der Waals surface area contributed by atoms with Gasteiger partial charge in [-0.1, -0.05) is 33.6 Å². The van der Waals surface area contributed by atoms with Crippen LogP contribution in [0.25, 0.3) is 0 Å². The number of carboxylic acids is 1. The quantitative estimate of drug-likeness (QED) is 0.758. The first-order valence-electron chi connectivity index (χ1n) is 6.47. The number of rotatable bonds is 5. The minimum Gasteiger partial charge on any atom is -0.480 e. The van der Waals surface area contributed by atoms with Gasteiger partial charge >= 0.3 is 5.97 Å². The summed E-state index contributed by atoms with van der Waals surface area (Å²) in [5, 5.41) is 12.3. The number of hydrogen-bond acceptors (Lipinski definition) is 2. The fourth-order valence-electron chi connectivity index (χ4n) is 2.44. The van der Waals surface area contributed by atoms with Crippen LogP contribution in [0.1, 0.15) is 46.5 Å². The highest BCUT2D eigenvalue weighted by molar-refractivity contribution is 5.73. The van der Waals surface area contributed by atoms with E-state index < -0.39 is 5.97 Å². The molecule has 1 aliphatic carbocycles. The van der Waals surface area contributed by atoms with Gasteiger partial charge < -0.3 is 10.4 Å². The summed E-state index contributed by atoms with van der Waals surface area (Å²) in [6.07, 6.45) is 5.09. The van der Waals surface area contributed by atoms with Crippen LogP contribution in [0, 0.1) is 17.8 Å². The normalized spacial score (nSPS) is 28.0. The number of carbonyl (C=O) groups is 1. The Morgan fingerprint density at radius 2 is 1.88 bits per heavy atom. The van der Waals surface area contributed by atoms with E-state index >= 15 is 0 Å². The van der Waals surface area contributed by atoms with Crippen LogP contribution >= 0.6 is 0 Å². The topological polar surface area (TPSA) is 49.3 Å². The Labute approximate surface area is 98.6 Å². The highest BCUT2D eigenvalue weighted by Gasteiger charge is 2.23. The van der Waals surface area contributed by atoms with Gasteiger partial charge in [0.2, 0.25) is 0 Å². The van der Waals surface area contributed by atoms with Crippen molar-refractivity contribution in [2.75, 3.05) is 6.54 Å². The van der Waals surface area contributed by atoms with Crippen molar-refractivity contribution in [3.05, 3.63) is 0 Å². The summed E-state index contributed by atoms with van der Waals surface area (Å²) >= 11 is 0. The minimum atomic E-state index is -0.723. The van der Waals surface area contributed by atoms with E-state index in [0.29, 0.717) is 5.92 Å². The zero-order valence-electron chi connectivity index (χ0n) is 10.7. The van der Waals surface area contributed by atoms with Crippen molar-refractivity contribution in [1.82, 2.24) is 5.32 Å². The fraction of sp³-hybridized carbons (Fsp3) is 0.923. The Morgan fingerprint density at radius 3 is 2.31 bits per heavy atom. The minimum absolute atomic E-state index is 0.153. The van der Waals surface area contributed by atoms with Crippen LogP contribution < -0.4 is 5.32 Å². The van der Waals surface area contributed by atoms with E-state index in [1.54, 1.807) is 0 Å². The van der Waals surface area contributed by atoms with Crippen LogP contribution in [-0.2, 0) is 4.79 Å². The van der Waals surface area contributed by atoms with E-state index in [9.17, 15) is 4.79 Å². The lowest BCUT2D eigenvalue weighted by molar-refractivity contribution is -0.140. The highest BCUT2D eigenvalue weighted by Crippen LogP contribution is 2.27. The number of nitrogens with one attached hydrogen (secondary N) is 1. The van der Waals surface area contributed by atoms with E-state index in [-0.39, 0.29) is 12.0 Å². The highest BCUT2D eigenvalue weighted by atomic mass is 16.4. The Hall–Kier alpha value is -0.570. The predicted octanol–water partition coefficient (Wildman–Crippen LogP) is 2.51. The van der Waals surface area contributed by atoms with E-state index in [4.69, 9.17) is 5.11 Å². The SMILES string of the molecule is CC1CCC(CNC(C(=O)O)C(C)C)CC1. The smallest absolute Gasteiger partial charge is 0.320 e. The zero-order valence-corrected chi connectivity index (χ0v) is 10.7. The largest absolute Gasteiger partial charge is 0.480 e. The maximum Gasteiger partial charge on any atom is 0.320 e. The van der Waals surface area contributed by atoms with Gasteiger partial charge in [-0.25, -0.2) is 0 Å². The van der Waals surface area contributed by atoms with Gasteiger partial charge in [0.05, 0.1) is 0 Å². The maximum absolute atomic E-state index is 11.0. The molecule has 0 radical (unpaired) electrons. The van der Waals surface area contributed by atoms with Crippen molar-refractivity contribution in [1.29, 1.82) is 0 Å². The monoisotopic (exact) mass is 227 g/mol. The molecule has 2 N–H and O–H groups in total. The molecule has 0 bridgehead atoms. The molecule has 1 aliphatic rings. The van der Waals surface area contributed by atoms with Gasteiger partial charge in [-0.05, 0) is 37.1 Å². The molecular weight excluding hydrogens is 202 g/mol. The van der Waals surface area contributed by atoms with Crippen LogP contribution in [0.5, 0.6) is 0 Å². The molecule has 0 aliphatic heterocycles. The summed E-state index contributed by atoms with van der Waals surface area (Å²) in [5.41, 5.74) is 0. The van der Waals surface area contributed by atoms with Gasteiger partial charge in [0.15, 0.2) is 0 Å². The molecule has 0 heterocycles. The number of hydrogen-bond donors (Lipinski definition) is 2. The Kier molecular flexibility index (Phi) is 5.26. The first kappa shape index (κ1) is 13.5. The molecule has 0 aromatic rings. The van der Waals surface area contributed by atoms with Crippen molar-refractivity contribution in [3.63, 3.8) is 0 Å². The summed E-state index contributed by atoms with van der Waals surface area (Å²) in [6, 6.07) is -0.389. The molecule has 0 saturated heterocycles. The second kappa shape index (κ2) is 6.24. The molecule has 94 valence electrons. The molecule has 0 aromatic carbocycles. The zero-order chi connectivity index (χ0) is 12.1. The van der Waals surface area contributed by atoms with Crippen molar-refractivity contribution in [2.24, 2.45) is 17.8 Å². The summed E-state index contributed by atoms with van der Waals surface area (Å²) in [4.78, 5) is 11.0. The second-order valence-electron chi connectivity index (χ2n) is 5.59. The van der Waals surface area contributed by atoms with Gasteiger partial charge in [-0.2, -0.15) is 0 Å². The molecule has 1 saturated carbocycles. The summed E-state index contributed by atoms with van der Waals surface area (Å²) in [6.45, 7) is 7.07. The van der Waals surface area contributed by atoms with Crippen LogP contribution in [0.4, 0.5) is 0 Å². The molecule has 0 amide bonds. The van der Waals surface area contributed by atoms with Gasteiger partial charge in [0, 0.05) is 0 Å². The molecule has 3 heteroatoms. The standard InChI is InChI=1S/C13H25NO2/c1-9(2)12(13(15)16)14-8-11-6-4-10(3)5-7-11/h9-12,14H,4-8H2,1-3H3,(H,15,16). The van der Waals surface area contributed by atoms with Gasteiger partial charge in [0.25, 0.3) is 0 Å².